The maximum absolute atomic E-state index is 11.1. The number of aryl methyl sites for hydroxylation is 2. The molecule has 0 unspecified atom stereocenters. The molecule has 0 aromatic heterocycles. The molecule has 7 heteroatoms. The van der Waals surface area contributed by atoms with E-state index in [9.17, 15) is 14.8 Å². The van der Waals surface area contributed by atoms with Gasteiger partial charge in [0, 0.05) is 4.90 Å². The fraction of sp³-hybridized carbons (Fsp3) is 0.200. The summed E-state index contributed by atoms with van der Waals surface area (Å²) < 4.78 is 11.1. The average molecular weight is 340 g/mol. The summed E-state index contributed by atoms with van der Waals surface area (Å²) in [5.74, 6) is 0.287. The number of hydrogen-bond acceptors (Lipinski definition) is 4. The molecule has 4 N–H and O–H groups in total. The Morgan fingerprint density at radius 2 is 1.68 bits per heavy atom. The van der Waals surface area contributed by atoms with Crippen molar-refractivity contribution in [2.75, 3.05) is 0 Å². The van der Waals surface area contributed by atoms with Crippen LogP contribution >= 0.6 is 18.2 Å². The second kappa shape index (κ2) is 7.20. The highest BCUT2D eigenvalue weighted by Gasteiger charge is 2.18. The minimum atomic E-state index is -4.22. The lowest BCUT2D eigenvalue weighted by Gasteiger charge is -2.10. The Kier molecular flexibility index (Phi) is 5.53. The van der Waals surface area contributed by atoms with Gasteiger partial charge in [0.2, 0.25) is 0 Å². The van der Waals surface area contributed by atoms with Gasteiger partial charge in [-0.25, -0.2) is 4.57 Å². The zero-order valence-corrected chi connectivity index (χ0v) is 13.4. The normalized spacial score (nSPS) is 11.5. The van der Waals surface area contributed by atoms with Crippen LogP contribution in [0.15, 0.2) is 47.4 Å². The molecule has 0 saturated carbocycles. The second-order valence-electron chi connectivity index (χ2n) is 4.90. The van der Waals surface area contributed by atoms with Crippen molar-refractivity contribution in [2.45, 2.75) is 24.2 Å². The van der Waals surface area contributed by atoms with Crippen LogP contribution in [0.2, 0.25) is 0 Å². The quantitative estimate of drug-likeness (QED) is 0.601. The zero-order chi connectivity index (χ0) is 16.2. The van der Waals surface area contributed by atoms with Crippen molar-refractivity contribution in [3.63, 3.8) is 0 Å². The minimum Gasteiger partial charge on any atom is -0.508 e. The molecule has 0 bridgehead atoms. The molecule has 0 heterocycles. The molecule has 118 valence electrons. The molecule has 0 aliphatic rings. The molecule has 0 atom stereocenters. The first-order valence-corrected chi connectivity index (χ1v) is 9.72. The lowest BCUT2D eigenvalue weighted by molar-refractivity contribution is 0.397. The molecule has 22 heavy (non-hydrogen) atoms. The fourth-order valence-corrected chi connectivity index (χ4v) is 4.14. The van der Waals surface area contributed by atoms with E-state index >= 15 is 0 Å². The van der Waals surface area contributed by atoms with Crippen molar-refractivity contribution < 1.29 is 24.6 Å². The van der Waals surface area contributed by atoms with E-state index in [1.54, 1.807) is 18.2 Å². The van der Waals surface area contributed by atoms with E-state index in [1.807, 2.05) is 6.07 Å². The van der Waals surface area contributed by atoms with Gasteiger partial charge in [0.1, 0.15) is 11.5 Å². The molecule has 0 fully saturated rings. The van der Waals surface area contributed by atoms with Crippen LogP contribution in [0.1, 0.15) is 17.5 Å². The van der Waals surface area contributed by atoms with Crippen LogP contribution in [0, 0.1) is 0 Å². The topological polar surface area (TPSA) is 98.0 Å². The summed E-state index contributed by atoms with van der Waals surface area (Å²) >= 11 is 0.500. The Balaban J connectivity index is 2.05. The second-order valence-corrected chi connectivity index (χ2v) is 8.48. The third kappa shape index (κ3) is 5.39. The van der Waals surface area contributed by atoms with E-state index in [0.717, 1.165) is 18.4 Å². The first kappa shape index (κ1) is 16.9. The van der Waals surface area contributed by atoms with Crippen molar-refractivity contribution in [2.24, 2.45) is 0 Å². The molecular weight excluding hydrogens is 323 g/mol. The first-order chi connectivity index (χ1) is 10.3. The van der Waals surface area contributed by atoms with Crippen molar-refractivity contribution in [1.82, 2.24) is 0 Å². The molecule has 2 rings (SSSR count). The standard InChI is InChI=1S/C15H17O5PS/c16-13-6-2-4-11(9-13)3-1-5-12-10-14(17)7-8-15(12)22-21(18,19)20/h2,4,6-10,16-17H,1,3,5H2,(H2,18,19,20). The third-order valence-corrected chi connectivity index (χ3v) is 5.22. The molecule has 2 aromatic carbocycles. The first-order valence-electron chi connectivity index (χ1n) is 6.68. The fourth-order valence-electron chi connectivity index (χ4n) is 2.17. The summed E-state index contributed by atoms with van der Waals surface area (Å²) in [5, 5.41) is 19.0. The Labute approximate surface area is 132 Å². The Morgan fingerprint density at radius 3 is 2.36 bits per heavy atom. The van der Waals surface area contributed by atoms with Crippen molar-refractivity contribution in [3.8, 4) is 11.5 Å². The molecule has 0 saturated heterocycles. The minimum absolute atomic E-state index is 0.0717. The summed E-state index contributed by atoms with van der Waals surface area (Å²) in [5.41, 5.74) is 1.69. The van der Waals surface area contributed by atoms with Crippen LogP contribution in [-0.2, 0) is 17.4 Å². The molecule has 0 aliphatic carbocycles. The number of benzene rings is 2. The maximum atomic E-state index is 11.1. The zero-order valence-electron chi connectivity index (χ0n) is 11.7. The van der Waals surface area contributed by atoms with Crippen LogP contribution in [-0.4, -0.2) is 20.0 Å². The average Bonchev–Trinajstić information content (AvgIpc) is 2.40. The van der Waals surface area contributed by atoms with Gasteiger partial charge in [-0.1, -0.05) is 12.1 Å². The van der Waals surface area contributed by atoms with E-state index in [2.05, 4.69) is 0 Å². The van der Waals surface area contributed by atoms with Crippen molar-refractivity contribution in [3.05, 3.63) is 53.6 Å². The van der Waals surface area contributed by atoms with Crippen LogP contribution in [0.3, 0.4) is 0 Å². The Hall–Kier alpha value is -1.46. The van der Waals surface area contributed by atoms with E-state index in [-0.39, 0.29) is 11.5 Å². The number of hydrogen-bond donors (Lipinski definition) is 4. The van der Waals surface area contributed by atoms with Gasteiger partial charge in [0.25, 0.3) is 0 Å². The third-order valence-electron chi connectivity index (χ3n) is 3.08. The lowest BCUT2D eigenvalue weighted by atomic mass is 10.0. The SMILES string of the molecule is O=P(O)(O)Sc1ccc(O)cc1CCCc1cccc(O)c1. The van der Waals surface area contributed by atoms with Crippen LogP contribution in [0.25, 0.3) is 0 Å². The van der Waals surface area contributed by atoms with Crippen LogP contribution < -0.4 is 0 Å². The molecule has 0 aliphatic heterocycles. The molecule has 0 amide bonds. The summed E-state index contributed by atoms with van der Waals surface area (Å²) in [6, 6.07) is 11.4. The van der Waals surface area contributed by atoms with E-state index < -0.39 is 6.80 Å². The van der Waals surface area contributed by atoms with Gasteiger partial charge >= 0.3 is 6.80 Å². The monoisotopic (exact) mass is 340 g/mol. The predicted molar refractivity (Wildman–Crippen MR) is 86.1 cm³/mol. The highest BCUT2D eigenvalue weighted by Crippen LogP contribution is 2.55. The molecule has 5 nitrogen and oxygen atoms in total. The largest absolute Gasteiger partial charge is 0.508 e. The van der Waals surface area contributed by atoms with E-state index in [4.69, 9.17) is 9.79 Å². The molecule has 2 aromatic rings. The van der Waals surface area contributed by atoms with Crippen LogP contribution in [0.5, 0.6) is 11.5 Å². The Bertz CT molecular complexity index is 698. The van der Waals surface area contributed by atoms with Gasteiger partial charge in [0.15, 0.2) is 0 Å². The van der Waals surface area contributed by atoms with Gasteiger partial charge in [-0.3, -0.25) is 0 Å². The number of phenolic OH excluding ortho intramolecular Hbond substituents is 2. The molecule has 0 radical (unpaired) electrons. The number of rotatable bonds is 6. The van der Waals surface area contributed by atoms with Gasteiger partial charge in [0.05, 0.1) is 0 Å². The number of aromatic hydroxyl groups is 2. The smallest absolute Gasteiger partial charge is 0.388 e. The summed E-state index contributed by atoms with van der Waals surface area (Å²) in [7, 11) is 0. The molecule has 0 spiro atoms. The number of phenols is 2. The maximum Gasteiger partial charge on any atom is 0.388 e. The highest BCUT2D eigenvalue weighted by atomic mass is 32.7. The van der Waals surface area contributed by atoms with Crippen LogP contribution in [0.4, 0.5) is 0 Å². The van der Waals surface area contributed by atoms with Crippen molar-refractivity contribution >= 4 is 18.2 Å². The summed E-state index contributed by atoms with van der Waals surface area (Å²) in [6.07, 6.45) is 2.04. The van der Waals surface area contributed by atoms with Gasteiger partial charge in [-0.2, -0.15) is 0 Å². The van der Waals surface area contributed by atoms with E-state index in [1.165, 1.54) is 18.2 Å². The van der Waals surface area contributed by atoms with Gasteiger partial charge in [-0.15, -0.1) is 0 Å². The highest BCUT2D eigenvalue weighted by molar-refractivity contribution is 8.54. The summed E-state index contributed by atoms with van der Waals surface area (Å²) in [6.45, 7) is -4.22. The van der Waals surface area contributed by atoms with Gasteiger partial charge in [-0.05, 0) is 72.1 Å². The Morgan fingerprint density at radius 1 is 0.955 bits per heavy atom. The van der Waals surface area contributed by atoms with Crippen molar-refractivity contribution in [1.29, 1.82) is 0 Å². The lowest BCUT2D eigenvalue weighted by Crippen LogP contribution is -1.92. The summed E-state index contributed by atoms with van der Waals surface area (Å²) in [4.78, 5) is 18.6. The van der Waals surface area contributed by atoms with E-state index in [0.29, 0.717) is 28.3 Å². The van der Waals surface area contributed by atoms with Gasteiger partial charge < -0.3 is 20.0 Å². The predicted octanol–water partition coefficient (Wildman–Crippen LogP) is 3.46. The molecular formula is C15H17O5PS.